The van der Waals surface area contributed by atoms with E-state index in [4.69, 9.17) is 4.74 Å². The summed E-state index contributed by atoms with van der Waals surface area (Å²) in [4.78, 5) is 27.8. The van der Waals surface area contributed by atoms with Crippen LogP contribution in [0.25, 0.3) is 0 Å². The Morgan fingerprint density at radius 1 is 1.11 bits per heavy atom. The van der Waals surface area contributed by atoms with Gasteiger partial charge in [0.25, 0.3) is 5.91 Å². The van der Waals surface area contributed by atoms with Crippen LogP contribution in [-0.2, 0) is 17.9 Å². The molecule has 2 N–H and O–H groups in total. The van der Waals surface area contributed by atoms with Gasteiger partial charge in [0.1, 0.15) is 17.4 Å². The zero-order valence-corrected chi connectivity index (χ0v) is 20.5. The van der Waals surface area contributed by atoms with Crippen LogP contribution in [0.1, 0.15) is 61.0 Å². The van der Waals surface area contributed by atoms with Crippen LogP contribution in [0.5, 0.6) is 5.75 Å². The summed E-state index contributed by atoms with van der Waals surface area (Å²) < 4.78 is 33.2. The SMILES string of the molecule is CC(C)CCN1CC(=O)NCCCCCOc2cccc(C(=O)NCc3cc(F)cc(F)c3)c2C1. The normalized spacial score (nSPS) is 15.7. The molecule has 0 aliphatic carbocycles. The number of amides is 2. The Kier molecular flexibility index (Phi) is 10.0. The second kappa shape index (κ2) is 13.2. The molecular weight excluding hydrogens is 452 g/mol. The molecule has 2 amide bonds. The number of nitrogens with one attached hydrogen (secondary N) is 2. The fraction of sp³-hybridized carbons (Fsp3) is 0.481. The zero-order valence-electron chi connectivity index (χ0n) is 20.5. The monoisotopic (exact) mass is 487 g/mol. The summed E-state index contributed by atoms with van der Waals surface area (Å²) in [6.07, 6.45) is 3.56. The first-order valence-corrected chi connectivity index (χ1v) is 12.3. The highest BCUT2D eigenvalue weighted by atomic mass is 19.1. The van der Waals surface area contributed by atoms with Crippen LogP contribution < -0.4 is 15.4 Å². The Labute approximate surface area is 206 Å². The smallest absolute Gasteiger partial charge is 0.252 e. The van der Waals surface area contributed by atoms with Gasteiger partial charge < -0.3 is 15.4 Å². The number of benzene rings is 2. The van der Waals surface area contributed by atoms with Crippen molar-refractivity contribution in [2.45, 2.75) is 52.6 Å². The van der Waals surface area contributed by atoms with Crippen molar-refractivity contribution >= 4 is 11.8 Å². The molecule has 6 nitrogen and oxygen atoms in total. The van der Waals surface area contributed by atoms with Crippen molar-refractivity contribution in [3.8, 4) is 5.75 Å². The molecule has 0 saturated carbocycles. The molecule has 0 saturated heterocycles. The maximum absolute atomic E-state index is 13.5. The van der Waals surface area contributed by atoms with E-state index in [9.17, 15) is 18.4 Å². The number of carbonyl (C=O) groups is 2. The first-order valence-electron chi connectivity index (χ1n) is 12.3. The van der Waals surface area contributed by atoms with Crippen LogP contribution in [0.2, 0.25) is 0 Å². The molecule has 1 aliphatic rings. The summed E-state index contributed by atoms with van der Waals surface area (Å²) in [5, 5.41) is 5.75. The van der Waals surface area contributed by atoms with E-state index in [0.29, 0.717) is 54.6 Å². The minimum absolute atomic E-state index is 0.0164. The van der Waals surface area contributed by atoms with E-state index in [1.807, 2.05) is 11.0 Å². The van der Waals surface area contributed by atoms with Gasteiger partial charge in [-0.1, -0.05) is 19.9 Å². The van der Waals surface area contributed by atoms with Gasteiger partial charge in [-0.15, -0.1) is 0 Å². The molecule has 0 atom stereocenters. The van der Waals surface area contributed by atoms with Crippen LogP contribution in [0.4, 0.5) is 8.78 Å². The third-order valence-corrected chi connectivity index (χ3v) is 5.93. The van der Waals surface area contributed by atoms with Gasteiger partial charge in [-0.2, -0.15) is 0 Å². The minimum Gasteiger partial charge on any atom is -0.493 e. The summed E-state index contributed by atoms with van der Waals surface area (Å²) in [5.74, 6) is -0.714. The molecule has 0 radical (unpaired) electrons. The Balaban J connectivity index is 1.86. The van der Waals surface area contributed by atoms with E-state index in [2.05, 4.69) is 24.5 Å². The third-order valence-electron chi connectivity index (χ3n) is 5.93. The molecule has 1 heterocycles. The van der Waals surface area contributed by atoms with E-state index in [1.54, 1.807) is 12.1 Å². The topological polar surface area (TPSA) is 70.7 Å². The fourth-order valence-corrected chi connectivity index (χ4v) is 4.02. The standard InChI is InChI=1S/C27H35F2N3O3/c1-19(2)9-11-32-17-24-23(27(34)31-16-20-13-21(28)15-22(29)14-20)7-6-8-25(24)35-12-5-3-4-10-30-26(33)18-32/h6-8,13-15,19H,3-5,9-12,16-18H2,1-2H3,(H,30,33)(H,31,34). The van der Waals surface area contributed by atoms with E-state index in [0.717, 1.165) is 31.7 Å². The van der Waals surface area contributed by atoms with E-state index in [1.165, 1.54) is 12.1 Å². The second-order valence-electron chi connectivity index (χ2n) is 9.39. The van der Waals surface area contributed by atoms with Gasteiger partial charge in [0, 0.05) is 36.8 Å². The third kappa shape index (κ3) is 8.62. The number of hydrogen-bond acceptors (Lipinski definition) is 4. The van der Waals surface area contributed by atoms with Gasteiger partial charge in [-0.05, 0) is 68.0 Å². The van der Waals surface area contributed by atoms with E-state index < -0.39 is 11.6 Å². The van der Waals surface area contributed by atoms with Gasteiger partial charge in [0.2, 0.25) is 5.91 Å². The summed E-state index contributed by atoms with van der Waals surface area (Å²) in [6.45, 7) is 6.69. The lowest BCUT2D eigenvalue weighted by Gasteiger charge is -2.25. The molecule has 0 spiro atoms. The quantitative estimate of drug-likeness (QED) is 0.633. The number of rotatable bonds is 6. The fourth-order valence-electron chi connectivity index (χ4n) is 4.02. The van der Waals surface area contributed by atoms with Gasteiger partial charge in [0.15, 0.2) is 0 Å². The van der Waals surface area contributed by atoms with Crippen molar-refractivity contribution in [3.63, 3.8) is 0 Å². The highest BCUT2D eigenvalue weighted by Gasteiger charge is 2.21. The van der Waals surface area contributed by atoms with Gasteiger partial charge >= 0.3 is 0 Å². The summed E-state index contributed by atoms with van der Waals surface area (Å²) in [7, 11) is 0. The maximum Gasteiger partial charge on any atom is 0.252 e. The van der Waals surface area contributed by atoms with E-state index >= 15 is 0 Å². The van der Waals surface area contributed by atoms with Crippen LogP contribution in [0.3, 0.4) is 0 Å². The van der Waals surface area contributed by atoms with Gasteiger partial charge in [0.05, 0.1) is 13.2 Å². The largest absolute Gasteiger partial charge is 0.493 e. The number of nitrogens with zero attached hydrogens (tertiary/aromatic N) is 1. The van der Waals surface area contributed by atoms with Crippen molar-refractivity contribution in [2.75, 3.05) is 26.2 Å². The van der Waals surface area contributed by atoms with Crippen LogP contribution >= 0.6 is 0 Å². The second-order valence-corrected chi connectivity index (χ2v) is 9.39. The van der Waals surface area contributed by atoms with Crippen molar-refractivity contribution in [2.24, 2.45) is 5.92 Å². The van der Waals surface area contributed by atoms with Crippen molar-refractivity contribution in [3.05, 3.63) is 64.7 Å². The molecule has 1 aliphatic heterocycles. The van der Waals surface area contributed by atoms with Gasteiger partial charge in [-0.25, -0.2) is 8.78 Å². The molecular formula is C27H35F2N3O3. The summed E-state index contributed by atoms with van der Waals surface area (Å²) in [5.41, 5.74) is 1.45. The maximum atomic E-state index is 13.5. The highest BCUT2D eigenvalue weighted by Crippen LogP contribution is 2.26. The molecule has 0 unspecified atom stereocenters. The molecule has 190 valence electrons. The lowest BCUT2D eigenvalue weighted by atomic mass is 10.0. The Bertz CT molecular complexity index is 993. The minimum atomic E-state index is -0.693. The molecule has 35 heavy (non-hydrogen) atoms. The number of ether oxygens (including phenoxy) is 1. The molecule has 3 rings (SSSR count). The predicted molar refractivity (Wildman–Crippen MR) is 131 cm³/mol. The van der Waals surface area contributed by atoms with Crippen LogP contribution in [0, 0.1) is 17.6 Å². The summed E-state index contributed by atoms with van der Waals surface area (Å²) in [6, 6.07) is 8.49. The summed E-state index contributed by atoms with van der Waals surface area (Å²) >= 11 is 0. The Morgan fingerprint density at radius 3 is 2.63 bits per heavy atom. The van der Waals surface area contributed by atoms with E-state index in [-0.39, 0.29) is 24.9 Å². The van der Waals surface area contributed by atoms with Crippen LogP contribution in [-0.4, -0.2) is 43.0 Å². The zero-order chi connectivity index (χ0) is 25.2. The predicted octanol–water partition coefficient (Wildman–Crippen LogP) is 4.42. The molecule has 0 bridgehead atoms. The number of fused-ring (bicyclic) bond motifs is 1. The van der Waals surface area contributed by atoms with Crippen molar-refractivity contribution < 1.29 is 23.1 Å². The number of hydrogen-bond donors (Lipinski definition) is 2. The molecule has 8 heteroatoms. The molecule has 0 aromatic heterocycles. The van der Waals surface area contributed by atoms with Crippen LogP contribution in [0.15, 0.2) is 36.4 Å². The number of carbonyl (C=O) groups excluding carboxylic acids is 2. The lowest BCUT2D eigenvalue weighted by molar-refractivity contribution is -0.122. The number of halogens is 2. The van der Waals surface area contributed by atoms with Crippen molar-refractivity contribution in [1.82, 2.24) is 15.5 Å². The average molecular weight is 488 g/mol. The first-order chi connectivity index (χ1) is 16.8. The van der Waals surface area contributed by atoms with Gasteiger partial charge in [-0.3, -0.25) is 14.5 Å². The molecule has 2 aromatic rings. The van der Waals surface area contributed by atoms with Crippen molar-refractivity contribution in [1.29, 1.82) is 0 Å². The average Bonchev–Trinajstić information content (AvgIpc) is 2.81. The highest BCUT2D eigenvalue weighted by molar-refractivity contribution is 5.96. The Hall–Kier alpha value is -3.00. The Morgan fingerprint density at radius 2 is 1.89 bits per heavy atom. The molecule has 0 fully saturated rings. The molecule has 2 aromatic carbocycles. The first kappa shape index (κ1) is 26.6. The lowest BCUT2D eigenvalue weighted by Crippen LogP contribution is -2.38.